The van der Waals surface area contributed by atoms with Crippen molar-refractivity contribution < 1.29 is 23.9 Å². The van der Waals surface area contributed by atoms with Gasteiger partial charge in [0.1, 0.15) is 17.7 Å². The standard InChI is InChI=1S/C19H25Cl2N3O5/c1-19(2,3)29-18(27)22-11-14(25)23-7-9-24(10-8-23)17(26)15-12(20)5-6-13(21)16(15)28-4/h5-6H,7-11H2,1-4H3,(H,22,27). The first-order valence-electron chi connectivity index (χ1n) is 9.09. The second-order valence-corrected chi connectivity index (χ2v) is 8.28. The smallest absolute Gasteiger partial charge is 0.408 e. The second kappa shape index (κ2) is 9.54. The Bertz CT molecular complexity index is 787. The van der Waals surface area contributed by atoms with Gasteiger partial charge in [0.25, 0.3) is 5.91 Å². The number of carbonyl (C=O) groups excluding carboxylic acids is 3. The molecule has 0 spiro atoms. The van der Waals surface area contributed by atoms with Gasteiger partial charge in [-0.2, -0.15) is 0 Å². The van der Waals surface area contributed by atoms with Gasteiger partial charge < -0.3 is 24.6 Å². The number of hydrogen-bond acceptors (Lipinski definition) is 5. The topological polar surface area (TPSA) is 88.2 Å². The van der Waals surface area contributed by atoms with E-state index in [1.807, 2.05) is 0 Å². The average molecular weight is 446 g/mol. The Kier molecular flexibility index (Phi) is 7.60. The van der Waals surface area contributed by atoms with Gasteiger partial charge in [-0.05, 0) is 32.9 Å². The van der Waals surface area contributed by atoms with E-state index in [4.69, 9.17) is 32.7 Å². The Hall–Kier alpha value is -2.19. The van der Waals surface area contributed by atoms with Crippen molar-refractivity contribution in [3.05, 3.63) is 27.7 Å². The molecule has 160 valence electrons. The van der Waals surface area contributed by atoms with Crippen molar-refractivity contribution in [3.8, 4) is 5.75 Å². The molecule has 1 saturated heterocycles. The minimum absolute atomic E-state index is 0.170. The number of hydrogen-bond donors (Lipinski definition) is 1. The molecule has 1 aromatic rings. The first kappa shape index (κ1) is 23.1. The molecule has 0 radical (unpaired) electrons. The summed E-state index contributed by atoms with van der Waals surface area (Å²) in [4.78, 5) is 40.1. The van der Waals surface area contributed by atoms with Gasteiger partial charge in [-0.25, -0.2) is 4.79 Å². The van der Waals surface area contributed by atoms with Crippen molar-refractivity contribution in [2.24, 2.45) is 0 Å². The molecule has 8 nitrogen and oxygen atoms in total. The van der Waals surface area contributed by atoms with E-state index in [-0.39, 0.29) is 34.7 Å². The van der Waals surface area contributed by atoms with Crippen LogP contribution in [0.15, 0.2) is 12.1 Å². The minimum Gasteiger partial charge on any atom is -0.494 e. The third-order valence-electron chi connectivity index (χ3n) is 4.18. The lowest BCUT2D eigenvalue weighted by molar-refractivity contribution is -0.131. The van der Waals surface area contributed by atoms with Crippen molar-refractivity contribution in [2.45, 2.75) is 26.4 Å². The highest BCUT2D eigenvalue weighted by Gasteiger charge is 2.29. The number of piperazine rings is 1. The molecule has 1 aliphatic heterocycles. The normalized spacial score (nSPS) is 14.4. The molecule has 1 aromatic carbocycles. The zero-order valence-electron chi connectivity index (χ0n) is 16.9. The minimum atomic E-state index is -0.651. The van der Waals surface area contributed by atoms with Gasteiger partial charge in [0.15, 0.2) is 5.75 Å². The van der Waals surface area contributed by atoms with E-state index in [0.29, 0.717) is 31.2 Å². The summed E-state index contributed by atoms with van der Waals surface area (Å²) in [5.74, 6) is -0.334. The number of ether oxygens (including phenoxy) is 2. The quantitative estimate of drug-likeness (QED) is 0.769. The van der Waals surface area contributed by atoms with Crippen molar-refractivity contribution >= 4 is 41.1 Å². The third kappa shape index (κ3) is 6.14. The molecule has 3 amide bonds. The molecule has 0 saturated carbocycles. The van der Waals surface area contributed by atoms with Crippen molar-refractivity contribution in [1.29, 1.82) is 0 Å². The summed E-state index contributed by atoms with van der Waals surface area (Å²) in [6.07, 6.45) is -0.651. The zero-order valence-corrected chi connectivity index (χ0v) is 18.4. The first-order valence-corrected chi connectivity index (χ1v) is 9.85. The van der Waals surface area contributed by atoms with Gasteiger partial charge in [0.05, 0.1) is 17.2 Å². The summed E-state index contributed by atoms with van der Waals surface area (Å²) in [5.41, 5.74) is -0.435. The van der Waals surface area contributed by atoms with E-state index in [9.17, 15) is 14.4 Å². The van der Waals surface area contributed by atoms with Crippen LogP contribution in [0.25, 0.3) is 0 Å². The fourth-order valence-electron chi connectivity index (χ4n) is 2.82. The van der Waals surface area contributed by atoms with Gasteiger partial charge in [0.2, 0.25) is 5.91 Å². The lowest BCUT2D eigenvalue weighted by atomic mass is 10.1. The molecule has 0 bridgehead atoms. The van der Waals surface area contributed by atoms with Crippen molar-refractivity contribution in [3.63, 3.8) is 0 Å². The maximum absolute atomic E-state index is 12.9. The van der Waals surface area contributed by atoms with Crippen molar-refractivity contribution in [1.82, 2.24) is 15.1 Å². The zero-order chi connectivity index (χ0) is 21.8. The number of alkyl carbamates (subject to hydrolysis) is 1. The Morgan fingerprint density at radius 3 is 2.14 bits per heavy atom. The van der Waals surface area contributed by atoms with Crippen LogP contribution in [-0.4, -0.2) is 73.1 Å². The van der Waals surface area contributed by atoms with E-state index in [1.54, 1.807) is 42.7 Å². The predicted molar refractivity (Wildman–Crippen MR) is 110 cm³/mol. The van der Waals surface area contributed by atoms with Crippen LogP contribution in [0.4, 0.5) is 4.79 Å². The molecule has 1 aliphatic rings. The van der Waals surface area contributed by atoms with E-state index >= 15 is 0 Å². The van der Waals surface area contributed by atoms with Crippen molar-refractivity contribution in [2.75, 3.05) is 39.8 Å². The summed E-state index contributed by atoms with van der Waals surface area (Å²) >= 11 is 12.3. The number of rotatable bonds is 4. The summed E-state index contributed by atoms with van der Waals surface area (Å²) in [7, 11) is 1.42. The Labute approximate surface area is 180 Å². The number of benzene rings is 1. The molecule has 1 N–H and O–H groups in total. The van der Waals surface area contributed by atoms with Crippen LogP contribution in [-0.2, 0) is 9.53 Å². The van der Waals surface area contributed by atoms with Crippen LogP contribution < -0.4 is 10.1 Å². The third-order valence-corrected chi connectivity index (χ3v) is 4.79. The Balaban J connectivity index is 1.92. The first-order chi connectivity index (χ1) is 13.5. The van der Waals surface area contributed by atoms with Crippen LogP contribution in [0, 0.1) is 0 Å². The molecular weight excluding hydrogens is 421 g/mol. The number of nitrogens with zero attached hydrogens (tertiary/aromatic N) is 2. The fourth-order valence-corrected chi connectivity index (χ4v) is 3.29. The lowest BCUT2D eigenvalue weighted by Gasteiger charge is -2.35. The average Bonchev–Trinajstić information content (AvgIpc) is 2.66. The van der Waals surface area contributed by atoms with Gasteiger partial charge in [0, 0.05) is 26.2 Å². The lowest BCUT2D eigenvalue weighted by Crippen LogP contribution is -2.52. The van der Waals surface area contributed by atoms with Gasteiger partial charge in [-0.15, -0.1) is 0 Å². The summed E-state index contributed by atoms with van der Waals surface area (Å²) in [6.45, 7) is 6.37. The summed E-state index contributed by atoms with van der Waals surface area (Å²) < 4.78 is 10.3. The largest absolute Gasteiger partial charge is 0.494 e. The predicted octanol–water partition coefficient (Wildman–Crippen LogP) is 2.81. The molecule has 29 heavy (non-hydrogen) atoms. The highest BCUT2D eigenvalue weighted by atomic mass is 35.5. The number of amides is 3. The Morgan fingerprint density at radius 2 is 1.59 bits per heavy atom. The van der Waals surface area contributed by atoms with E-state index in [0.717, 1.165) is 0 Å². The highest BCUT2D eigenvalue weighted by Crippen LogP contribution is 2.34. The molecule has 1 heterocycles. The molecule has 2 rings (SSSR count). The molecule has 0 aromatic heterocycles. The molecule has 0 unspecified atom stereocenters. The Morgan fingerprint density at radius 1 is 1.03 bits per heavy atom. The van der Waals surface area contributed by atoms with Gasteiger partial charge >= 0.3 is 6.09 Å². The number of carbonyl (C=O) groups is 3. The van der Waals surface area contributed by atoms with Crippen LogP contribution in [0.3, 0.4) is 0 Å². The van der Waals surface area contributed by atoms with E-state index in [1.165, 1.54) is 7.11 Å². The monoisotopic (exact) mass is 445 g/mol. The van der Waals surface area contributed by atoms with Crippen LogP contribution in [0.5, 0.6) is 5.75 Å². The van der Waals surface area contributed by atoms with E-state index < -0.39 is 11.7 Å². The van der Waals surface area contributed by atoms with Crippen LogP contribution in [0.1, 0.15) is 31.1 Å². The van der Waals surface area contributed by atoms with E-state index in [2.05, 4.69) is 5.32 Å². The SMILES string of the molecule is COc1c(Cl)ccc(Cl)c1C(=O)N1CCN(C(=O)CNC(=O)OC(C)(C)C)CC1. The van der Waals surface area contributed by atoms with Crippen LogP contribution in [0.2, 0.25) is 10.0 Å². The molecule has 1 fully saturated rings. The number of nitrogens with one attached hydrogen (secondary N) is 1. The van der Waals surface area contributed by atoms with Gasteiger partial charge in [-0.3, -0.25) is 9.59 Å². The molecule has 0 aliphatic carbocycles. The number of halogens is 2. The number of methoxy groups -OCH3 is 1. The fraction of sp³-hybridized carbons (Fsp3) is 0.526. The van der Waals surface area contributed by atoms with Gasteiger partial charge in [-0.1, -0.05) is 23.2 Å². The highest BCUT2D eigenvalue weighted by molar-refractivity contribution is 6.37. The second-order valence-electron chi connectivity index (χ2n) is 7.47. The summed E-state index contributed by atoms with van der Waals surface area (Å²) in [5, 5.41) is 2.98. The molecule has 10 heteroatoms. The maximum atomic E-state index is 12.9. The maximum Gasteiger partial charge on any atom is 0.408 e. The summed E-state index contributed by atoms with van der Waals surface area (Å²) in [6, 6.07) is 3.11. The molecular formula is C19H25Cl2N3O5. The van der Waals surface area contributed by atoms with Crippen LogP contribution >= 0.6 is 23.2 Å². The molecule has 0 atom stereocenters.